The predicted molar refractivity (Wildman–Crippen MR) is 435 cm³/mol. The van der Waals surface area contributed by atoms with Gasteiger partial charge in [0, 0.05) is 149 Å². The molecule has 6 aromatic carbocycles. The summed E-state index contributed by atoms with van der Waals surface area (Å²) in [5, 5.41) is 52.6. The molecule has 0 spiro atoms. The van der Waals surface area contributed by atoms with Crippen molar-refractivity contribution in [1.82, 2.24) is 60.5 Å². The van der Waals surface area contributed by atoms with E-state index in [0.717, 1.165) is 86.9 Å². The minimum Gasteiger partial charge on any atom is -0.386 e. The first-order valence-corrected chi connectivity index (χ1v) is 36.8. The maximum absolute atomic E-state index is 12.6. The van der Waals surface area contributed by atoms with Crippen LogP contribution in [0.4, 0.5) is 69.4 Å². The monoisotopic (exact) mass is 1530 g/mol. The Balaban J connectivity index is 0.000000295. The van der Waals surface area contributed by atoms with Crippen LogP contribution >= 0.6 is 58.5 Å². The molecule has 0 unspecified atom stereocenters. The Labute approximate surface area is 645 Å². The Morgan fingerprint density at radius 2 is 0.802 bits per heavy atom. The van der Waals surface area contributed by atoms with Crippen LogP contribution in [-0.4, -0.2) is 141 Å². The number of rotatable bonds is 22. The molecular weight excluding hydrogens is 1440 g/mol. The van der Waals surface area contributed by atoms with Crippen molar-refractivity contribution >= 4 is 146 Å². The molecule has 0 bridgehead atoms. The molecule has 9 heterocycles. The molecule has 3 aliphatic heterocycles. The number of benzene rings is 6. The van der Waals surface area contributed by atoms with E-state index in [2.05, 4.69) is 89.2 Å². The largest absolute Gasteiger partial charge is 0.386 e. The molecule has 556 valence electrons. The summed E-state index contributed by atoms with van der Waals surface area (Å²) in [6.07, 6.45) is 1.17. The second-order valence-electron chi connectivity index (χ2n) is 25.6. The lowest BCUT2D eigenvalue weighted by molar-refractivity contribution is -0.0172. The van der Waals surface area contributed by atoms with Gasteiger partial charge >= 0.3 is 0 Å². The number of nitrogens with zero attached hydrogens (tertiary/aromatic N) is 12. The predicted octanol–water partition coefficient (Wildman–Crippen LogP) is 17.2. The standard InChI is InChI=1S/C26H26ClN7O2S.C25H24ClN7O2S.C24H23N7OS.8H2/c1-16-12-22(33-32-16)29-21-13-23(34-14-26(2,15-34)36-3)31-25(30-21)37-18-10-8-17(9-11-18)28-24(35)19-6-4-5-7-20(19)27;1-15-11-21(32-31-15)28-20-12-22(33-13-25(2,35)14-33)30-24(29-20)36-17-9-7-16(8-10-17)27-23(34)18-5-3-4-6-19(18)26;1-16-14-21(30-29-16)26-20-15-22(31-12-5-13-31)28-24(27-20)33-19-10-8-18(9-11-19)25-23(32)17-6-3-2-4-7-17;;;;;;;;/h4-13H,14-15H2,1-3H3,(H,28,35)(H2,29,30,31,32,33);3-12,35H,13-14H2,1-2H3,(H,27,34)(H2,28,29,30,31,32);2-4,6-11,14-15H,5,12-13H2,1H3,(H,25,32)(H2,26,27,28,29,30);8*1H. The SMILES string of the molecule is COC1(C)CN(c2cc(Nc3cc(C)[nH]n3)nc(Sc3ccc(NC(=O)c4ccccc4Cl)cc3)n2)C1.Cc1cc(Nc2cc(N3CC(C)(O)C3)nc(Sc3ccc(NC(=O)c4ccccc4Cl)cc3)n2)n[nH]1.Cc1cc(Nc2cc(N3CCC3)nc(Sc3ccc(NC(=O)c4ccccc4)cc3)n2)n[nH]1.[HH].[HH].[HH].[HH].[HH].[HH].[HH].[HH]. The van der Waals surface area contributed by atoms with E-state index in [0.29, 0.717) is 95.8 Å². The van der Waals surface area contributed by atoms with Crippen molar-refractivity contribution < 1.29 is 35.6 Å². The number of aromatic amines is 3. The average molecular weight is 1530 g/mol. The molecule has 0 aliphatic carbocycles. The number of β-amino-alcohol motifs (C(OH)–C–C–N with tert-alkyl or cyclic N) is 1. The minimum atomic E-state index is -0.727. The van der Waals surface area contributed by atoms with Crippen LogP contribution in [0.1, 0.15) is 79.8 Å². The molecule has 26 nitrogen and oxygen atoms in total. The van der Waals surface area contributed by atoms with E-state index in [-0.39, 0.29) is 34.7 Å². The van der Waals surface area contributed by atoms with Crippen molar-refractivity contribution in [2.24, 2.45) is 0 Å². The first kappa shape index (κ1) is 73.3. The van der Waals surface area contributed by atoms with Gasteiger partial charge in [-0.2, -0.15) is 15.3 Å². The van der Waals surface area contributed by atoms with Crippen molar-refractivity contribution in [3.8, 4) is 0 Å². The molecule has 106 heavy (non-hydrogen) atoms. The van der Waals surface area contributed by atoms with Gasteiger partial charge in [-0.05, 0) is 186 Å². The highest BCUT2D eigenvalue weighted by molar-refractivity contribution is 7.99. The van der Waals surface area contributed by atoms with Gasteiger partial charge in [0.15, 0.2) is 32.9 Å². The third-order valence-electron chi connectivity index (χ3n) is 16.6. The molecule has 0 atom stereocenters. The first-order chi connectivity index (χ1) is 51.2. The van der Waals surface area contributed by atoms with E-state index in [9.17, 15) is 19.5 Å². The van der Waals surface area contributed by atoms with Crippen LogP contribution in [0.25, 0.3) is 0 Å². The Hall–Kier alpha value is -11.1. The highest BCUT2D eigenvalue weighted by Crippen LogP contribution is 2.37. The molecular formula is C75H89Cl2N21O5S3. The lowest BCUT2D eigenvalue weighted by Gasteiger charge is -2.47. The zero-order chi connectivity index (χ0) is 73.9. The number of halogens is 2. The second-order valence-corrected chi connectivity index (χ2v) is 29.6. The second kappa shape index (κ2) is 33.0. The molecule has 15 rings (SSSR count). The Kier molecular flexibility index (Phi) is 22.8. The van der Waals surface area contributed by atoms with Crippen LogP contribution in [0.15, 0.2) is 218 Å². The number of hydrogen-bond acceptors (Lipinski definition) is 23. The number of nitrogens with one attached hydrogen (secondary N) is 9. The van der Waals surface area contributed by atoms with Crippen LogP contribution in [0.3, 0.4) is 0 Å². The van der Waals surface area contributed by atoms with Crippen LogP contribution in [0, 0.1) is 20.8 Å². The Morgan fingerprint density at radius 3 is 1.13 bits per heavy atom. The number of aryl methyl sites for hydroxylation is 3. The number of aliphatic hydroxyl groups is 1. The lowest BCUT2D eigenvalue weighted by Crippen LogP contribution is -2.61. The van der Waals surface area contributed by atoms with Gasteiger partial charge in [0.1, 0.15) is 34.9 Å². The lowest BCUT2D eigenvalue weighted by atomic mass is 9.97. The maximum atomic E-state index is 12.6. The van der Waals surface area contributed by atoms with E-state index < -0.39 is 5.60 Å². The van der Waals surface area contributed by atoms with Crippen LogP contribution < -0.4 is 46.6 Å². The molecule has 12 aromatic rings. The summed E-state index contributed by atoms with van der Waals surface area (Å²) in [4.78, 5) is 74.9. The number of hydrogen-bond donors (Lipinski definition) is 10. The van der Waals surface area contributed by atoms with Crippen LogP contribution in [0.5, 0.6) is 0 Å². The first-order valence-electron chi connectivity index (χ1n) is 33.6. The zero-order valence-electron chi connectivity index (χ0n) is 58.3. The third-order valence-corrected chi connectivity index (χ3v) is 19.9. The summed E-state index contributed by atoms with van der Waals surface area (Å²) in [5.41, 5.74) is 5.47. The quantitative estimate of drug-likeness (QED) is 0.0282. The third kappa shape index (κ3) is 19.5. The number of amides is 3. The van der Waals surface area contributed by atoms with Crippen molar-refractivity contribution in [2.75, 3.05) is 93.0 Å². The molecule has 0 radical (unpaired) electrons. The van der Waals surface area contributed by atoms with Gasteiger partial charge < -0.3 is 56.4 Å². The molecule has 31 heteroatoms. The highest BCUT2D eigenvalue weighted by Gasteiger charge is 2.40. The molecule has 6 aromatic heterocycles. The summed E-state index contributed by atoms with van der Waals surface area (Å²) in [7, 11) is 1.73. The highest BCUT2D eigenvalue weighted by atomic mass is 35.5. The molecule has 3 amide bonds. The smallest absolute Gasteiger partial charge is 0.257 e. The van der Waals surface area contributed by atoms with Gasteiger partial charge in [-0.15, -0.1) is 0 Å². The molecule has 3 fully saturated rings. The van der Waals surface area contributed by atoms with Crippen molar-refractivity contribution in [1.29, 1.82) is 0 Å². The number of ether oxygens (including phenoxy) is 1. The van der Waals surface area contributed by atoms with Crippen LogP contribution in [0.2, 0.25) is 10.0 Å². The van der Waals surface area contributed by atoms with E-state index in [1.165, 1.54) is 41.7 Å². The molecule has 3 saturated heterocycles. The van der Waals surface area contributed by atoms with Gasteiger partial charge in [0.2, 0.25) is 0 Å². The zero-order valence-corrected chi connectivity index (χ0v) is 62.2. The number of anilines is 12. The normalized spacial score (nSPS) is 13.8. The van der Waals surface area contributed by atoms with Gasteiger partial charge in [0.25, 0.3) is 17.7 Å². The van der Waals surface area contributed by atoms with E-state index >= 15 is 0 Å². The number of carbonyl (C=O) groups is 3. The number of aromatic nitrogens is 12. The van der Waals surface area contributed by atoms with E-state index in [1.807, 2.05) is 153 Å². The van der Waals surface area contributed by atoms with Gasteiger partial charge in [-0.25, -0.2) is 29.9 Å². The van der Waals surface area contributed by atoms with Crippen molar-refractivity contribution in [3.63, 3.8) is 0 Å². The molecule has 3 aliphatic rings. The molecule has 0 saturated carbocycles. The topological polar surface area (TPSA) is 326 Å². The fourth-order valence-corrected chi connectivity index (χ4v) is 13.8. The summed E-state index contributed by atoms with van der Waals surface area (Å²) in [6, 6.07) is 57.1. The Bertz CT molecular complexity index is 5120. The van der Waals surface area contributed by atoms with Gasteiger partial charge in [-0.1, -0.05) is 65.7 Å². The van der Waals surface area contributed by atoms with Crippen molar-refractivity contribution in [3.05, 3.63) is 232 Å². The number of carbonyl (C=O) groups excluding carboxylic acids is 3. The Morgan fingerprint density at radius 1 is 0.453 bits per heavy atom. The summed E-state index contributed by atoms with van der Waals surface area (Å²) < 4.78 is 5.60. The number of methoxy groups -OCH3 is 1. The minimum absolute atomic E-state index is 0. The van der Waals surface area contributed by atoms with E-state index in [4.69, 9.17) is 47.9 Å². The van der Waals surface area contributed by atoms with Gasteiger partial charge in [-0.3, -0.25) is 29.7 Å². The summed E-state index contributed by atoms with van der Waals surface area (Å²) in [5.74, 6) is 5.77. The summed E-state index contributed by atoms with van der Waals surface area (Å²) in [6.45, 7) is 14.2. The van der Waals surface area contributed by atoms with E-state index in [1.54, 1.807) is 74.7 Å². The fraction of sp³-hybridized carbons (Fsp3) is 0.200. The summed E-state index contributed by atoms with van der Waals surface area (Å²) >= 11 is 16.6. The fourth-order valence-electron chi connectivity index (χ4n) is 11.0. The van der Waals surface area contributed by atoms with Crippen molar-refractivity contribution in [2.45, 2.75) is 82.4 Å². The molecule has 10 N–H and O–H groups in total. The van der Waals surface area contributed by atoms with Gasteiger partial charge in [0.05, 0.1) is 32.4 Å². The number of H-pyrrole nitrogens is 3. The maximum Gasteiger partial charge on any atom is 0.257 e. The van der Waals surface area contributed by atoms with Crippen LogP contribution in [-0.2, 0) is 4.74 Å². The average Bonchev–Trinajstić information content (AvgIpc) is 0.844.